The van der Waals surface area contributed by atoms with Crippen molar-refractivity contribution in [2.45, 2.75) is 19.4 Å². The third-order valence-corrected chi connectivity index (χ3v) is 7.57. The molecule has 1 aliphatic carbocycles. The highest BCUT2D eigenvalue weighted by Gasteiger charge is 2.45. The molecule has 1 saturated heterocycles. The first-order valence-corrected chi connectivity index (χ1v) is 11.9. The Bertz CT molecular complexity index is 1520. The lowest BCUT2D eigenvalue weighted by Gasteiger charge is -2.18. The molecule has 0 bridgehead atoms. The fourth-order valence-electron chi connectivity index (χ4n) is 4.55. The van der Waals surface area contributed by atoms with Gasteiger partial charge in [-0.15, -0.1) is 11.3 Å². The Morgan fingerprint density at radius 2 is 2.03 bits per heavy atom. The van der Waals surface area contributed by atoms with Crippen molar-refractivity contribution in [3.63, 3.8) is 0 Å². The SMILES string of the molecule is C[C@@H](C(=O)Nc1csc(-c2ccc(N3CC4CC4C3)nc2)n1)n1cnc2c1c(=O)[nH]c(=O)n2C. The lowest BCUT2D eigenvalue weighted by molar-refractivity contribution is -0.118. The molecule has 0 spiro atoms. The fourth-order valence-corrected chi connectivity index (χ4v) is 5.29. The number of thiazole rings is 1. The van der Waals surface area contributed by atoms with Crippen LogP contribution in [0, 0.1) is 11.8 Å². The topological polar surface area (TPSA) is 131 Å². The van der Waals surface area contributed by atoms with Crippen LogP contribution in [-0.4, -0.2) is 48.1 Å². The summed E-state index contributed by atoms with van der Waals surface area (Å²) in [6.45, 7) is 3.84. The van der Waals surface area contributed by atoms with Gasteiger partial charge in [-0.05, 0) is 37.3 Å². The van der Waals surface area contributed by atoms with Crippen molar-refractivity contribution in [3.8, 4) is 10.6 Å². The minimum atomic E-state index is -0.749. The zero-order valence-electron chi connectivity index (χ0n) is 18.6. The molecule has 0 aromatic carbocycles. The summed E-state index contributed by atoms with van der Waals surface area (Å²) in [7, 11) is 1.51. The summed E-state index contributed by atoms with van der Waals surface area (Å²) < 4.78 is 2.68. The highest BCUT2D eigenvalue weighted by Crippen LogP contribution is 2.46. The zero-order valence-corrected chi connectivity index (χ0v) is 19.4. The van der Waals surface area contributed by atoms with Gasteiger partial charge in [-0.2, -0.15) is 0 Å². The summed E-state index contributed by atoms with van der Waals surface area (Å²) in [5, 5.41) is 5.32. The summed E-state index contributed by atoms with van der Waals surface area (Å²) >= 11 is 1.42. The van der Waals surface area contributed by atoms with Crippen molar-refractivity contribution in [1.82, 2.24) is 29.1 Å². The first-order chi connectivity index (χ1) is 16.4. The molecule has 12 heteroatoms. The first-order valence-electron chi connectivity index (χ1n) is 11.0. The van der Waals surface area contributed by atoms with E-state index in [1.54, 1.807) is 12.3 Å². The quantitative estimate of drug-likeness (QED) is 0.445. The molecule has 2 fully saturated rings. The minimum Gasteiger partial charge on any atom is -0.356 e. The molecule has 4 aromatic rings. The van der Waals surface area contributed by atoms with Gasteiger partial charge < -0.3 is 14.8 Å². The number of aromatic nitrogens is 6. The van der Waals surface area contributed by atoms with Crippen LogP contribution in [0.2, 0.25) is 0 Å². The van der Waals surface area contributed by atoms with Gasteiger partial charge in [0.25, 0.3) is 5.56 Å². The molecule has 1 saturated carbocycles. The van der Waals surface area contributed by atoms with Crippen LogP contribution >= 0.6 is 11.3 Å². The molecule has 6 rings (SSSR count). The summed E-state index contributed by atoms with van der Waals surface area (Å²) in [5.74, 6) is 2.76. The number of anilines is 2. The number of nitrogens with one attached hydrogen (secondary N) is 2. The number of imidazole rings is 1. The Morgan fingerprint density at radius 1 is 1.24 bits per heavy atom. The number of nitrogens with zero attached hydrogens (tertiary/aromatic N) is 6. The number of carbonyl (C=O) groups excluding carboxylic acids is 1. The highest BCUT2D eigenvalue weighted by molar-refractivity contribution is 7.13. The van der Waals surface area contributed by atoms with Crippen LogP contribution in [-0.2, 0) is 11.8 Å². The van der Waals surface area contributed by atoms with Crippen molar-refractivity contribution >= 4 is 40.0 Å². The van der Waals surface area contributed by atoms with Gasteiger partial charge in [0.05, 0.1) is 6.33 Å². The molecule has 2 unspecified atom stereocenters. The molecule has 3 atom stereocenters. The van der Waals surface area contributed by atoms with Gasteiger partial charge in [0, 0.05) is 37.3 Å². The molecule has 11 nitrogen and oxygen atoms in total. The van der Waals surface area contributed by atoms with Gasteiger partial charge in [0.15, 0.2) is 11.2 Å². The van der Waals surface area contributed by atoms with Crippen LogP contribution in [0.15, 0.2) is 39.6 Å². The standard InChI is InChI=1S/C22H22N8O3S/c1-11(30-10-24-18-17(30)20(32)27-22(33)28(18)2)19(31)25-15-9-34-21(26-15)12-3-4-16(23-6-12)29-7-13-5-14(13)8-29/h3-4,6,9-11,13-14H,5,7-8H2,1-2H3,(H,25,31)(H,27,32,33)/t11-,13?,14?/m0/s1. The number of rotatable bonds is 5. The van der Waals surface area contributed by atoms with Crippen LogP contribution in [0.5, 0.6) is 0 Å². The Hall–Kier alpha value is -3.80. The van der Waals surface area contributed by atoms with Crippen LogP contribution in [0.1, 0.15) is 19.4 Å². The molecule has 5 heterocycles. The Kier molecular flexibility index (Phi) is 4.66. The number of piperidine rings is 1. The van der Waals surface area contributed by atoms with Crippen LogP contribution in [0.3, 0.4) is 0 Å². The summed E-state index contributed by atoms with van der Waals surface area (Å²) in [4.78, 5) is 54.9. The molecule has 0 radical (unpaired) electrons. The third-order valence-electron chi connectivity index (χ3n) is 6.68. The minimum absolute atomic E-state index is 0.158. The van der Waals surface area contributed by atoms with E-state index in [1.807, 2.05) is 18.3 Å². The van der Waals surface area contributed by atoms with E-state index in [0.29, 0.717) is 5.82 Å². The first kappa shape index (κ1) is 20.8. The zero-order chi connectivity index (χ0) is 23.6. The maximum Gasteiger partial charge on any atom is 0.329 e. The molecule has 34 heavy (non-hydrogen) atoms. The number of aryl methyl sites for hydroxylation is 1. The van der Waals surface area contributed by atoms with Crippen LogP contribution < -0.4 is 21.5 Å². The van der Waals surface area contributed by atoms with Gasteiger partial charge in [-0.25, -0.2) is 19.7 Å². The molecular weight excluding hydrogens is 456 g/mol. The number of H-pyrrole nitrogens is 1. The second-order valence-corrected chi connectivity index (χ2v) is 9.77. The van der Waals surface area contributed by atoms with Crippen molar-refractivity contribution in [2.24, 2.45) is 18.9 Å². The summed E-state index contributed by atoms with van der Waals surface area (Å²) in [6, 6.07) is 3.28. The number of amides is 1. The van der Waals surface area contributed by atoms with Crippen molar-refractivity contribution in [1.29, 1.82) is 0 Å². The van der Waals surface area contributed by atoms with Gasteiger partial charge >= 0.3 is 5.69 Å². The van der Waals surface area contributed by atoms with Crippen molar-refractivity contribution in [3.05, 3.63) is 50.9 Å². The van der Waals surface area contributed by atoms with E-state index in [2.05, 4.69) is 30.2 Å². The number of pyridine rings is 1. The van der Waals surface area contributed by atoms with E-state index < -0.39 is 17.3 Å². The normalized spacial score (nSPS) is 19.9. The van der Waals surface area contributed by atoms with E-state index in [4.69, 9.17) is 0 Å². The third kappa shape index (κ3) is 3.41. The van der Waals surface area contributed by atoms with Gasteiger partial charge in [0.1, 0.15) is 22.7 Å². The molecule has 174 valence electrons. The molecule has 1 aliphatic heterocycles. The molecule has 2 aliphatic rings. The fraction of sp³-hybridized carbons (Fsp3) is 0.364. The average molecular weight is 479 g/mol. The smallest absolute Gasteiger partial charge is 0.329 e. The van der Waals surface area contributed by atoms with E-state index in [1.165, 1.54) is 40.3 Å². The maximum absolute atomic E-state index is 12.9. The maximum atomic E-state index is 12.9. The molecule has 2 N–H and O–H groups in total. The molecule has 4 aromatic heterocycles. The van der Waals surface area contributed by atoms with Gasteiger partial charge in [-0.3, -0.25) is 19.1 Å². The van der Waals surface area contributed by atoms with E-state index in [9.17, 15) is 14.4 Å². The van der Waals surface area contributed by atoms with Crippen molar-refractivity contribution in [2.75, 3.05) is 23.3 Å². The van der Waals surface area contributed by atoms with Gasteiger partial charge in [-0.1, -0.05) is 0 Å². The summed E-state index contributed by atoms with van der Waals surface area (Å²) in [5.41, 5.74) is 0.110. The summed E-state index contributed by atoms with van der Waals surface area (Å²) in [6.07, 6.45) is 4.56. The Labute approximate surface area is 197 Å². The molecule has 1 amide bonds. The predicted molar refractivity (Wildman–Crippen MR) is 128 cm³/mol. The Morgan fingerprint density at radius 3 is 2.76 bits per heavy atom. The number of aromatic amines is 1. The van der Waals surface area contributed by atoms with Gasteiger partial charge in [0.2, 0.25) is 5.91 Å². The van der Waals surface area contributed by atoms with Crippen molar-refractivity contribution < 1.29 is 4.79 Å². The Balaban J connectivity index is 1.18. The second kappa shape index (κ2) is 7.62. The molecular formula is C22H22N8O3S. The van der Waals surface area contributed by atoms with E-state index >= 15 is 0 Å². The lowest BCUT2D eigenvalue weighted by Crippen LogP contribution is -2.31. The number of hydrogen-bond acceptors (Lipinski definition) is 8. The monoisotopic (exact) mass is 478 g/mol. The van der Waals surface area contributed by atoms with E-state index in [-0.39, 0.29) is 17.1 Å². The second-order valence-electron chi connectivity index (χ2n) is 8.91. The van der Waals surface area contributed by atoms with Crippen LogP contribution in [0.4, 0.5) is 11.6 Å². The number of hydrogen-bond donors (Lipinski definition) is 2. The number of carbonyl (C=O) groups is 1. The lowest BCUT2D eigenvalue weighted by atomic mass is 10.3. The van der Waals surface area contributed by atoms with Crippen LogP contribution in [0.25, 0.3) is 21.7 Å². The number of fused-ring (bicyclic) bond motifs is 2. The van der Waals surface area contributed by atoms with E-state index in [0.717, 1.165) is 41.3 Å². The predicted octanol–water partition coefficient (Wildman–Crippen LogP) is 1.60. The average Bonchev–Trinajstić information content (AvgIpc) is 3.23. The largest absolute Gasteiger partial charge is 0.356 e. The highest BCUT2D eigenvalue weighted by atomic mass is 32.1.